The van der Waals surface area contributed by atoms with Gasteiger partial charge < -0.3 is 10.1 Å². The minimum atomic E-state index is -3.86. The van der Waals surface area contributed by atoms with Crippen molar-refractivity contribution in [3.05, 3.63) is 59.2 Å². The SMILES string of the molecule is NS(=O)(=O)c1cccc(NC(=O)COC(=O)Cc2ccc3c(c2)CCC3)c1. The molecule has 0 saturated carbocycles. The largest absolute Gasteiger partial charge is 0.455 e. The molecule has 0 bridgehead atoms. The number of sulfonamides is 1. The van der Waals surface area contributed by atoms with Crippen molar-refractivity contribution in [2.45, 2.75) is 30.6 Å². The summed E-state index contributed by atoms with van der Waals surface area (Å²) >= 11 is 0. The molecule has 0 aliphatic heterocycles. The van der Waals surface area contributed by atoms with Crippen LogP contribution in [0.2, 0.25) is 0 Å². The molecule has 0 saturated heterocycles. The number of primary sulfonamides is 1. The summed E-state index contributed by atoms with van der Waals surface area (Å²) in [6.07, 6.45) is 3.34. The van der Waals surface area contributed by atoms with Crippen LogP contribution in [0.5, 0.6) is 0 Å². The summed E-state index contributed by atoms with van der Waals surface area (Å²) in [5.74, 6) is -1.06. The normalized spacial score (nSPS) is 13.1. The fourth-order valence-corrected chi connectivity index (χ4v) is 3.61. The molecule has 1 aliphatic carbocycles. The van der Waals surface area contributed by atoms with E-state index in [-0.39, 0.29) is 17.0 Å². The number of rotatable bonds is 6. The van der Waals surface area contributed by atoms with Gasteiger partial charge in [0.05, 0.1) is 11.3 Å². The van der Waals surface area contributed by atoms with Crippen LogP contribution < -0.4 is 10.5 Å². The van der Waals surface area contributed by atoms with E-state index in [1.165, 1.54) is 35.4 Å². The monoisotopic (exact) mass is 388 g/mol. The standard InChI is InChI=1S/C19H20N2O5S/c20-27(24,25)17-6-2-5-16(11-17)21-18(22)12-26-19(23)10-13-7-8-14-3-1-4-15(14)9-13/h2,5-9,11H,1,3-4,10,12H2,(H,21,22)(H2,20,24,25). The van der Waals surface area contributed by atoms with E-state index in [1.807, 2.05) is 18.2 Å². The van der Waals surface area contributed by atoms with E-state index in [0.717, 1.165) is 24.8 Å². The Morgan fingerprint density at radius 3 is 2.63 bits per heavy atom. The molecule has 0 unspecified atom stereocenters. The molecule has 0 atom stereocenters. The van der Waals surface area contributed by atoms with Crippen LogP contribution in [0.25, 0.3) is 0 Å². The summed E-state index contributed by atoms with van der Waals surface area (Å²) in [6.45, 7) is -0.455. The maximum Gasteiger partial charge on any atom is 0.310 e. The molecule has 8 heteroatoms. The molecule has 3 N–H and O–H groups in total. The zero-order chi connectivity index (χ0) is 19.4. The maximum atomic E-state index is 12.0. The second-order valence-corrected chi connectivity index (χ2v) is 7.98. The Bertz CT molecular complexity index is 985. The molecular weight excluding hydrogens is 368 g/mol. The summed E-state index contributed by atoms with van der Waals surface area (Å²) in [5.41, 5.74) is 3.71. The van der Waals surface area contributed by atoms with E-state index in [0.29, 0.717) is 0 Å². The number of nitrogens with two attached hydrogens (primary N) is 1. The molecule has 2 aromatic carbocycles. The first-order chi connectivity index (χ1) is 12.8. The highest BCUT2D eigenvalue weighted by atomic mass is 32.2. The van der Waals surface area contributed by atoms with Crippen LogP contribution in [0, 0.1) is 0 Å². The first-order valence-electron chi connectivity index (χ1n) is 8.50. The zero-order valence-corrected chi connectivity index (χ0v) is 15.4. The van der Waals surface area contributed by atoms with Crippen molar-refractivity contribution < 1.29 is 22.7 Å². The first kappa shape index (κ1) is 19.1. The Kier molecular flexibility index (Phi) is 5.57. The number of ether oxygens (including phenoxy) is 1. The fraction of sp³-hybridized carbons (Fsp3) is 0.263. The number of esters is 1. The van der Waals surface area contributed by atoms with Gasteiger partial charge in [0.15, 0.2) is 6.61 Å². The molecule has 0 heterocycles. The molecule has 7 nitrogen and oxygen atoms in total. The van der Waals surface area contributed by atoms with E-state index in [1.54, 1.807) is 0 Å². The maximum absolute atomic E-state index is 12.0. The van der Waals surface area contributed by atoms with Crippen LogP contribution in [0.4, 0.5) is 5.69 Å². The first-order valence-corrected chi connectivity index (χ1v) is 10.0. The van der Waals surface area contributed by atoms with Crippen LogP contribution >= 0.6 is 0 Å². The van der Waals surface area contributed by atoms with Gasteiger partial charge >= 0.3 is 5.97 Å². The lowest BCUT2D eigenvalue weighted by molar-refractivity contribution is -0.146. The molecule has 0 radical (unpaired) electrons. The number of carbonyl (C=O) groups excluding carboxylic acids is 2. The second kappa shape index (κ2) is 7.89. The summed E-state index contributed by atoms with van der Waals surface area (Å²) in [4.78, 5) is 23.8. The molecule has 142 valence electrons. The molecule has 0 aromatic heterocycles. The van der Waals surface area contributed by atoms with Gasteiger partial charge in [-0.15, -0.1) is 0 Å². The van der Waals surface area contributed by atoms with Crippen molar-refractivity contribution in [3.63, 3.8) is 0 Å². The van der Waals surface area contributed by atoms with Gasteiger partial charge in [-0.2, -0.15) is 0 Å². The number of nitrogens with one attached hydrogen (secondary N) is 1. The predicted molar refractivity (Wildman–Crippen MR) is 99.6 cm³/mol. The number of fused-ring (bicyclic) bond motifs is 1. The quantitative estimate of drug-likeness (QED) is 0.729. The highest BCUT2D eigenvalue weighted by Crippen LogP contribution is 2.23. The number of hydrogen-bond acceptors (Lipinski definition) is 5. The lowest BCUT2D eigenvalue weighted by atomic mass is 10.0. The third-order valence-corrected chi connectivity index (χ3v) is 5.23. The summed E-state index contributed by atoms with van der Waals surface area (Å²) in [5, 5.41) is 7.52. The molecule has 27 heavy (non-hydrogen) atoms. The lowest BCUT2D eigenvalue weighted by Gasteiger charge is -2.08. The molecular formula is C19H20N2O5S. The molecule has 0 fully saturated rings. The fourth-order valence-electron chi connectivity index (χ4n) is 3.05. The van der Waals surface area contributed by atoms with Crippen molar-refractivity contribution in [2.24, 2.45) is 5.14 Å². The summed E-state index contributed by atoms with van der Waals surface area (Å²) < 4.78 is 27.7. The molecule has 0 spiro atoms. The topological polar surface area (TPSA) is 116 Å². The van der Waals surface area contributed by atoms with Crippen molar-refractivity contribution in [3.8, 4) is 0 Å². The molecule has 2 aromatic rings. The van der Waals surface area contributed by atoms with E-state index < -0.39 is 28.5 Å². The van der Waals surface area contributed by atoms with Gasteiger partial charge in [0.1, 0.15) is 0 Å². The van der Waals surface area contributed by atoms with Gasteiger partial charge in [-0.3, -0.25) is 9.59 Å². The van der Waals surface area contributed by atoms with Crippen molar-refractivity contribution in [1.82, 2.24) is 0 Å². The highest BCUT2D eigenvalue weighted by molar-refractivity contribution is 7.89. The van der Waals surface area contributed by atoms with E-state index in [2.05, 4.69) is 5.32 Å². The Balaban J connectivity index is 1.51. The minimum Gasteiger partial charge on any atom is -0.455 e. The van der Waals surface area contributed by atoms with Crippen LogP contribution in [-0.4, -0.2) is 26.9 Å². The predicted octanol–water partition coefficient (Wildman–Crippen LogP) is 1.55. The zero-order valence-electron chi connectivity index (χ0n) is 14.6. The Morgan fingerprint density at radius 1 is 1.07 bits per heavy atom. The molecule has 1 aliphatic rings. The van der Waals surface area contributed by atoms with Crippen molar-refractivity contribution in [1.29, 1.82) is 0 Å². The summed E-state index contributed by atoms with van der Waals surface area (Å²) in [7, 11) is -3.86. The third-order valence-electron chi connectivity index (χ3n) is 4.32. The van der Waals surface area contributed by atoms with Gasteiger partial charge in [0, 0.05) is 5.69 Å². The van der Waals surface area contributed by atoms with Crippen molar-refractivity contribution in [2.75, 3.05) is 11.9 Å². The number of carbonyl (C=O) groups is 2. The van der Waals surface area contributed by atoms with Gasteiger partial charge in [-0.1, -0.05) is 24.3 Å². The smallest absolute Gasteiger partial charge is 0.310 e. The lowest BCUT2D eigenvalue weighted by Crippen LogP contribution is -2.22. The van der Waals surface area contributed by atoms with E-state index in [9.17, 15) is 18.0 Å². The number of aryl methyl sites for hydroxylation is 2. The van der Waals surface area contributed by atoms with E-state index in [4.69, 9.17) is 9.88 Å². The third kappa shape index (κ3) is 5.15. The number of benzene rings is 2. The number of hydrogen-bond donors (Lipinski definition) is 2. The molecule has 1 amide bonds. The molecule has 3 rings (SSSR count). The van der Waals surface area contributed by atoms with Crippen LogP contribution in [-0.2, 0) is 43.6 Å². The van der Waals surface area contributed by atoms with Gasteiger partial charge in [0.25, 0.3) is 5.91 Å². The number of amides is 1. The van der Waals surface area contributed by atoms with Crippen LogP contribution in [0.15, 0.2) is 47.4 Å². The Labute approximate surface area is 157 Å². The van der Waals surface area contributed by atoms with Crippen LogP contribution in [0.3, 0.4) is 0 Å². The van der Waals surface area contributed by atoms with Gasteiger partial charge in [-0.05, 0) is 54.2 Å². The van der Waals surface area contributed by atoms with Crippen LogP contribution in [0.1, 0.15) is 23.1 Å². The Morgan fingerprint density at radius 2 is 1.85 bits per heavy atom. The second-order valence-electron chi connectivity index (χ2n) is 6.42. The summed E-state index contributed by atoms with van der Waals surface area (Å²) in [6, 6.07) is 11.5. The number of anilines is 1. The van der Waals surface area contributed by atoms with Crippen molar-refractivity contribution >= 4 is 27.6 Å². The average Bonchev–Trinajstić information content (AvgIpc) is 3.07. The average molecular weight is 388 g/mol. The highest BCUT2D eigenvalue weighted by Gasteiger charge is 2.14. The van der Waals surface area contributed by atoms with Gasteiger partial charge in [0.2, 0.25) is 10.0 Å². The Hall–Kier alpha value is -2.71. The van der Waals surface area contributed by atoms with Gasteiger partial charge in [-0.25, -0.2) is 13.6 Å². The van der Waals surface area contributed by atoms with E-state index >= 15 is 0 Å². The minimum absolute atomic E-state index is 0.0987.